The molecule has 0 amide bonds. The minimum absolute atomic E-state index is 0.281. The Kier molecular flexibility index (Phi) is 4.67. The third kappa shape index (κ3) is 3.26. The van der Waals surface area contributed by atoms with Crippen LogP contribution in [0.3, 0.4) is 0 Å². The maximum Gasteiger partial charge on any atom is 0.219 e. The largest absolute Gasteiger partial charge is 0.360 e. The molecule has 0 bridgehead atoms. The van der Waals surface area contributed by atoms with Crippen LogP contribution in [0, 0.1) is 0 Å². The Balaban J connectivity index is 1.34. The van der Waals surface area contributed by atoms with Crippen molar-refractivity contribution in [2.45, 2.75) is 38.1 Å². The van der Waals surface area contributed by atoms with Crippen LogP contribution in [0.5, 0.6) is 0 Å². The predicted molar refractivity (Wildman–Crippen MR) is 95.8 cm³/mol. The lowest BCUT2D eigenvalue weighted by Gasteiger charge is -2.36. The van der Waals surface area contributed by atoms with E-state index < -0.39 is 0 Å². The number of fused-ring (bicyclic) bond motifs is 1. The number of carbonyl (C=O) groups excluding carboxylic acids is 1. The Hall–Kier alpha value is -1.65. The molecule has 1 aromatic carbocycles. The van der Waals surface area contributed by atoms with Crippen molar-refractivity contribution < 1.29 is 14.6 Å². The van der Waals surface area contributed by atoms with Crippen LogP contribution in [0.2, 0.25) is 0 Å². The van der Waals surface area contributed by atoms with Crippen LogP contribution in [0.15, 0.2) is 30.5 Å². The van der Waals surface area contributed by atoms with Gasteiger partial charge in [0.15, 0.2) is 0 Å². The zero-order valence-corrected chi connectivity index (χ0v) is 14.4. The van der Waals surface area contributed by atoms with Gasteiger partial charge in [0.1, 0.15) is 32.7 Å². The summed E-state index contributed by atoms with van der Waals surface area (Å²) >= 11 is 0. The van der Waals surface area contributed by atoms with Crippen LogP contribution < -0.4 is 9.80 Å². The molecule has 2 aliphatic rings. The van der Waals surface area contributed by atoms with Crippen LogP contribution >= 0.6 is 0 Å². The van der Waals surface area contributed by atoms with Gasteiger partial charge in [0, 0.05) is 22.7 Å². The monoisotopic (exact) mass is 327 g/mol. The van der Waals surface area contributed by atoms with Gasteiger partial charge in [-0.15, -0.1) is 0 Å². The Morgan fingerprint density at radius 1 is 1.04 bits per heavy atom. The second-order valence-electron chi connectivity index (χ2n) is 7.59. The Morgan fingerprint density at radius 2 is 1.79 bits per heavy atom. The summed E-state index contributed by atoms with van der Waals surface area (Å²) < 4.78 is 0. The van der Waals surface area contributed by atoms with Gasteiger partial charge in [-0.3, -0.25) is 4.79 Å². The molecular weight excluding hydrogens is 298 g/mol. The number of Topliss-reactive ketones (excluding diaryl/α,β-unsaturated/α-hetero) is 1. The number of benzene rings is 1. The molecule has 4 heteroatoms. The average Bonchev–Trinajstić information content (AvgIpc) is 3.07. The number of hydrogen-bond acceptors (Lipinski definition) is 1. The highest BCUT2D eigenvalue weighted by atomic mass is 16.1. The fraction of sp³-hybridized carbons (Fsp3) is 0.550. The number of H-pyrrole nitrogens is 1. The van der Waals surface area contributed by atoms with Gasteiger partial charge in [0.05, 0.1) is 6.04 Å². The second kappa shape index (κ2) is 7.08. The molecule has 4 rings (SSSR count). The minimum Gasteiger partial charge on any atom is -0.360 e. The minimum atomic E-state index is 0.281. The van der Waals surface area contributed by atoms with E-state index in [-0.39, 0.29) is 5.78 Å². The van der Waals surface area contributed by atoms with Gasteiger partial charge in [-0.2, -0.15) is 0 Å². The van der Waals surface area contributed by atoms with Gasteiger partial charge in [0.25, 0.3) is 0 Å². The molecule has 3 N–H and O–H groups in total. The summed E-state index contributed by atoms with van der Waals surface area (Å²) in [5.74, 6) is 0.281. The zero-order chi connectivity index (χ0) is 16.4. The molecule has 1 saturated heterocycles. The first-order chi connectivity index (χ1) is 11.8. The van der Waals surface area contributed by atoms with Crippen molar-refractivity contribution in [2.75, 3.05) is 32.7 Å². The van der Waals surface area contributed by atoms with E-state index in [0.29, 0.717) is 6.54 Å². The van der Waals surface area contributed by atoms with Crippen LogP contribution in [0.25, 0.3) is 10.9 Å². The molecule has 1 aliphatic heterocycles. The van der Waals surface area contributed by atoms with Gasteiger partial charge in [0.2, 0.25) is 5.78 Å². The molecular formula is C20H29N3O+2. The van der Waals surface area contributed by atoms with E-state index in [4.69, 9.17) is 0 Å². The highest BCUT2D eigenvalue weighted by Gasteiger charge is 2.31. The third-order valence-corrected chi connectivity index (χ3v) is 6.08. The van der Waals surface area contributed by atoms with E-state index in [1.807, 2.05) is 30.5 Å². The lowest BCUT2D eigenvalue weighted by molar-refractivity contribution is -1.02. The van der Waals surface area contributed by atoms with Crippen molar-refractivity contribution in [1.29, 1.82) is 0 Å². The molecule has 4 nitrogen and oxygen atoms in total. The number of carbonyl (C=O) groups is 1. The average molecular weight is 327 g/mol. The predicted octanol–water partition coefficient (Wildman–Crippen LogP) is 0.467. The van der Waals surface area contributed by atoms with Gasteiger partial charge in [-0.25, -0.2) is 0 Å². The maximum atomic E-state index is 12.7. The fourth-order valence-electron chi connectivity index (χ4n) is 4.65. The van der Waals surface area contributed by atoms with E-state index in [1.54, 1.807) is 4.90 Å². The van der Waals surface area contributed by atoms with E-state index in [1.165, 1.54) is 50.1 Å². The molecule has 1 aromatic heterocycles. The summed E-state index contributed by atoms with van der Waals surface area (Å²) in [6.07, 6.45) is 8.99. The Morgan fingerprint density at radius 3 is 2.58 bits per heavy atom. The van der Waals surface area contributed by atoms with E-state index in [9.17, 15) is 4.79 Å². The van der Waals surface area contributed by atoms with Crippen molar-refractivity contribution in [3.63, 3.8) is 0 Å². The molecule has 2 aromatic rings. The van der Waals surface area contributed by atoms with Crippen molar-refractivity contribution >= 4 is 16.7 Å². The molecule has 1 aliphatic carbocycles. The molecule has 2 fully saturated rings. The number of hydrogen-bond donors (Lipinski definition) is 3. The summed E-state index contributed by atoms with van der Waals surface area (Å²) in [7, 11) is 0. The van der Waals surface area contributed by atoms with E-state index in [0.717, 1.165) is 35.6 Å². The number of para-hydroxylation sites is 1. The van der Waals surface area contributed by atoms with Gasteiger partial charge >= 0.3 is 0 Å². The highest BCUT2D eigenvalue weighted by Crippen LogP contribution is 2.17. The topological polar surface area (TPSA) is 41.7 Å². The molecule has 0 spiro atoms. The number of piperazine rings is 1. The summed E-state index contributed by atoms with van der Waals surface area (Å²) in [5, 5.41) is 1.06. The molecule has 128 valence electrons. The smallest absolute Gasteiger partial charge is 0.219 e. The quantitative estimate of drug-likeness (QED) is 0.702. The van der Waals surface area contributed by atoms with E-state index >= 15 is 0 Å². The standard InChI is InChI=1S/C20H27N3O/c24-20(18-14-21-19-9-5-4-8-17(18)19)15-22-10-12-23(13-11-22)16-6-2-1-3-7-16/h4-5,8-9,14,16,21H,1-3,6-7,10-13,15H2/p+2. The summed E-state index contributed by atoms with van der Waals surface area (Å²) in [6.45, 7) is 5.39. The fourth-order valence-corrected chi connectivity index (χ4v) is 4.65. The number of aromatic nitrogens is 1. The molecule has 2 heterocycles. The summed E-state index contributed by atoms with van der Waals surface area (Å²) in [6, 6.07) is 8.98. The molecule has 1 saturated carbocycles. The van der Waals surface area contributed by atoms with Crippen LogP contribution in [0.1, 0.15) is 42.5 Å². The van der Waals surface area contributed by atoms with Gasteiger partial charge in [-0.1, -0.05) is 24.6 Å². The first-order valence-electron chi connectivity index (χ1n) is 9.59. The third-order valence-electron chi connectivity index (χ3n) is 6.08. The van der Waals surface area contributed by atoms with Crippen molar-refractivity contribution in [1.82, 2.24) is 4.98 Å². The first-order valence-corrected chi connectivity index (χ1v) is 9.59. The molecule has 24 heavy (non-hydrogen) atoms. The summed E-state index contributed by atoms with van der Waals surface area (Å²) in [5.41, 5.74) is 1.92. The highest BCUT2D eigenvalue weighted by molar-refractivity contribution is 6.08. The Bertz CT molecular complexity index is 694. The lowest BCUT2D eigenvalue weighted by Crippen LogP contribution is -3.30. The summed E-state index contributed by atoms with van der Waals surface area (Å²) in [4.78, 5) is 19.2. The van der Waals surface area contributed by atoms with Crippen molar-refractivity contribution in [3.8, 4) is 0 Å². The number of rotatable bonds is 4. The van der Waals surface area contributed by atoms with Crippen LogP contribution in [0.4, 0.5) is 0 Å². The van der Waals surface area contributed by atoms with Gasteiger partial charge < -0.3 is 14.8 Å². The van der Waals surface area contributed by atoms with Crippen LogP contribution in [-0.2, 0) is 0 Å². The second-order valence-corrected chi connectivity index (χ2v) is 7.59. The molecule has 0 unspecified atom stereocenters. The van der Waals surface area contributed by atoms with Crippen molar-refractivity contribution in [3.05, 3.63) is 36.0 Å². The van der Waals surface area contributed by atoms with Gasteiger partial charge in [-0.05, 0) is 31.7 Å². The zero-order valence-electron chi connectivity index (χ0n) is 14.4. The lowest BCUT2D eigenvalue weighted by atomic mass is 9.94. The first kappa shape index (κ1) is 15.9. The Labute approximate surface area is 143 Å². The number of aromatic amines is 1. The molecule has 0 atom stereocenters. The SMILES string of the molecule is O=C(C[NH+]1CC[NH+](C2CCCCC2)CC1)c1c[nH]c2ccccc12. The van der Waals surface area contributed by atoms with Crippen molar-refractivity contribution in [2.24, 2.45) is 0 Å². The molecule has 0 radical (unpaired) electrons. The number of ketones is 1. The number of nitrogens with one attached hydrogen (secondary N) is 3. The number of quaternary nitrogens is 2. The van der Waals surface area contributed by atoms with E-state index in [2.05, 4.69) is 4.98 Å². The maximum absolute atomic E-state index is 12.7. The normalized spacial score (nSPS) is 25.8. The van der Waals surface area contributed by atoms with Crippen LogP contribution in [-0.4, -0.2) is 49.5 Å².